The zero-order valence-electron chi connectivity index (χ0n) is 13.8. The predicted molar refractivity (Wildman–Crippen MR) is 88.7 cm³/mol. The van der Waals surface area contributed by atoms with Gasteiger partial charge < -0.3 is 14.8 Å². The maximum Gasteiger partial charge on any atom is 0.220 e. The number of amides is 1. The number of methoxy groups -OCH3 is 1. The first-order valence-electron chi connectivity index (χ1n) is 8.50. The van der Waals surface area contributed by atoms with Crippen molar-refractivity contribution in [2.45, 2.75) is 37.8 Å². The highest BCUT2D eigenvalue weighted by Crippen LogP contribution is 2.22. The van der Waals surface area contributed by atoms with Crippen molar-refractivity contribution in [2.24, 2.45) is 0 Å². The zero-order valence-corrected chi connectivity index (χ0v) is 13.8. The first kappa shape index (κ1) is 16.3. The first-order chi connectivity index (χ1) is 11.2. The van der Waals surface area contributed by atoms with Crippen LogP contribution in [-0.4, -0.2) is 56.3 Å². The standard InChI is InChI=1S/C18H26N2O3/c1-22-16-7-4-14(5-8-16)6-9-18(21)19-11-17-12-20-10-2-3-15(20)13-23-17/h4-5,7-8,15,17H,2-3,6,9-13H2,1H3,(H,19,21)/t15-,17-/m1/s1. The van der Waals surface area contributed by atoms with Crippen molar-refractivity contribution >= 4 is 5.91 Å². The third kappa shape index (κ3) is 4.45. The average molecular weight is 318 g/mol. The van der Waals surface area contributed by atoms with Crippen molar-refractivity contribution in [3.8, 4) is 5.75 Å². The van der Waals surface area contributed by atoms with E-state index in [9.17, 15) is 4.79 Å². The van der Waals surface area contributed by atoms with E-state index < -0.39 is 0 Å². The molecule has 23 heavy (non-hydrogen) atoms. The van der Waals surface area contributed by atoms with E-state index in [0.717, 1.165) is 30.9 Å². The number of carbonyl (C=O) groups excluding carboxylic acids is 1. The van der Waals surface area contributed by atoms with Gasteiger partial charge in [0.2, 0.25) is 5.91 Å². The number of hydrogen-bond acceptors (Lipinski definition) is 4. The van der Waals surface area contributed by atoms with Crippen LogP contribution in [0, 0.1) is 0 Å². The minimum absolute atomic E-state index is 0.0907. The summed E-state index contributed by atoms with van der Waals surface area (Å²) in [6.07, 6.45) is 3.91. The van der Waals surface area contributed by atoms with Crippen LogP contribution in [0.2, 0.25) is 0 Å². The molecule has 0 unspecified atom stereocenters. The number of rotatable bonds is 6. The zero-order chi connectivity index (χ0) is 16.1. The van der Waals surface area contributed by atoms with Gasteiger partial charge in [0.25, 0.3) is 0 Å². The fraction of sp³-hybridized carbons (Fsp3) is 0.611. The number of morpholine rings is 1. The highest BCUT2D eigenvalue weighted by atomic mass is 16.5. The molecule has 2 atom stereocenters. The highest BCUT2D eigenvalue weighted by molar-refractivity contribution is 5.76. The van der Waals surface area contributed by atoms with Crippen LogP contribution in [0.25, 0.3) is 0 Å². The third-order valence-electron chi connectivity index (χ3n) is 4.79. The maximum absolute atomic E-state index is 12.0. The topological polar surface area (TPSA) is 50.8 Å². The SMILES string of the molecule is COc1ccc(CCC(=O)NC[C@@H]2CN3CCC[C@@H]3CO2)cc1. The molecule has 5 nitrogen and oxygen atoms in total. The summed E-state index contributed by atoms with van der Waals surface area (Å²) >= 11 is 0. The van der Waals surface area contributed by atoms with E-state index in [1.165, 1.54) is 19.4 Å². The second-order valence-electron chi connectivity index (χ2n) is 6.40. The van der Waals surface area contributed by atoms with Gasteiger partial charge in [-0.2, -0.15) is 0 Å². The highest BCUT2D eigenvalue weighted by Gasteiger charge is 2.32. The molecule has 2 aliphatic heterocycles. The molecule has 0 aliphatic carbocycles. The number of benzene rings is 1. The Kier molecular flexibility index (Phi) is 5.51. The average Bonchev–Trinajstić information content (AvgIpc) is 3.06. The summed E-state index contributed by atoms with van der Waals surface area (Å²) in [7, 11) is 1.65. The van der Waals surface area contributed by atoms with E-state index in [0.29, 0.717) is 19.0 Å². The van der Waals surface area contributed by atoms with Gasteiger partial charge in [0, 0.05) is 25.6 Å². The molecule has 2 fully saturated rings. The lowest BCUT2D eigenvalue weighted by Gasteiger charge is -2.35. The molecule has 0 bridgehead atoms. The number of nitrogens with one attached hydrogen (secondary N) is 1. The van der Waals surface area contributed by atoms with Crippen molar-refractivity contribution in [1.29, 1.82) is 0 Å². The number of nitrogens with zero attached hydrogens (tertiary/aromatic N) is 1. The van der Waals surface area contributed by atoms with Gasteiger partial charge in [-0.1, -0.05) is 12.1 Å². The van der Waals surface area contributed by atoms with Crippen molar-refractivity contribution in [3.63, 3.8) is 0 Å². The second kappa shape index (κ2) is 7.79. The van der Waals surface area contributed by atoms with Gasteiger partial charge in [0.15, 0.2) is 0 Å². The number of ether oxygens (including phenoxy) is 2. The van der Waals surface area contributed by atoms with Gasteiger partial charge >= 0.3 is 0 Å². The molecular formula is C18H26N2O3. The minimum Gasteiger partial charge on any atom is -0.497 e. The molecule has 1 N–H and O–H groups in total. The molecule has 2 aliphatic rings. The largest absolute Gasteiger partial charge is 0.497 e. The van der Waals surface area contributed by atoms with Crippen LogP contribution in [0.1, 0.15) is 24.8 Å². The van der Waals surface area contributed by atoms with E-state index in [-0.39, 0.29) is 12.0 Å². The van der Waals surface area contributed by atoms with Gasteiger partial charge in [-0.05, 0) is 43.5 Å². The van der Waals surface area contributed by atoms with E-state index in [2.05, 4.69) is 10.2 Å². The summed E-state index contributed by atoms with van der Waals surface area (Å²) in [6.45, 7) is 3.55. The van der Waals surface area contributed by atoms with Gasteiger partial charge in [-0.25, -0.2) is 0 Å². The number of carbonyl (C=O) groups is 1. The van der Waals surface area contributed by atoms with E-state index in [1.54, 1.807) is 7.11 Å². The number of hydrogen-bond donors (Lipinski definition) is 1. The monoisotopic (exact) mass is 318 g/mol. The summed E-state index contributed by atoms with van der Waals surface area (Å²) < 4.78 is 11.0. The summed E-state index contributed by atoms with van der Waals surface area (Å²) in [5.41, 5.74) is 1.15. The number of fused-ring (bicyclic) bond motifs is 1. The molecular weight excluding hydrogens is 292 g/mol. The Hall–Kier alpha value is -1.59. The van der Waals surface area contributed by atoms with Crippen LogP contribution >= 0.6 is 0 Å². The van der Waals surface area contributed by atoms with Gasteiger partial charge in [0.05, 0.1) is 19.8 Å². The van der Waals surface area contributed by atoms with E-state index >= 15 is 0 Å². The van der Waals surface area contributed by atoms with Gasteiger partial charge in [-0.3, -0.25) is 9.69 Å². The summed E-state index contributed by atoms with van der Waals surface area (Å²) in [4.78, 5) is 14.5. The Morgan fingerprint density at radius 3 is 3.00 bits per heavy atom. The summed E-state index contributed by atoms with van der Waals surface area (Å²) in [6, 6.07) is 8.47. The van der Waals surface area contributed by atoms with Crippen LogP contribution in [0.4, 0.5) is 0 Å². The fourth-order valence-electron chi connectivity index (χ4n) is 3.38. The van der Waals surface area contributed by atoms with E-state index in [1.807, 2.05) is 24.3 Å². The quantitative estimate of drug-likeness (QED) is 0.866. The Labute approximate surface area is 137 Å². The number of aryl methyl sites for hydroxylation is 1. The second-order valence-corrected chi connectivity index (χ2v) is 6.40. The van der Waals surface area contributed by atoms with Gasteiger partial charge in [0.1, 0.15) is 5.75 Å². The Balaban J connectivity index is 1.36. The maximum atomic E-state index is 12.0. The predicted octanol–water partition coefficient (Wildman–Crippen LogP) is 1.61. The lowest BCUT2D eigenvalue weighted by Crippen LogP contribution is -2.50. The molecule has 5 heteroatoms. The molecule has 1 amide bonds. The summed E-state index contributed by atoms with van der Waals surface area (Å²) in [5, 5.41) is 3.01. The lowest BCUT2D eigenvalue weighted by molar-refractivity contribution is -0.122. The molecule has 2 heterocycles. The molecule has 1 aromatic rings. The Morgan fingerprint density at radius 2 is 2.22 bits per heavy atom. The molecule has 0 spiro atoms. The van der Waals surface area contributed by atoms with Crippen molar-refractivity contribution in [2.75, 3.05) is 33.4 Å². The van der Waals surface area contributed by atoms with Crippen LogP contribution < -0.4 is 10.1 Å². The molecule has 2 saturated heterocycles. The van der Waals surface area contributed by atoms with Crippen LogP contribution in [0.3, 0.4) is 0 Å². The molecule has 0 aromatic heterocycles. The molecule has 3 rings (SSSR count). The molecule has 0 radical (unpaired) electrons. The van der Waals surface area contributed by atoms with Gasteiger partial charge in [-0.15, -0.1) is 0 Å². The first-order valence-corrected chi connectivity index (χ1v) is 8.50. The van der Waals surface area contributed by atoms with Crippen LogP contribution in [-0.2, 0) is 16.0 Å². The van der Waals surface area contributed by atoms with Crippen LogP contribution in [0.15, 0.2) is 24.3 Å². The van der Waals surface area contributed by atoms with Crippen molar-refractivity contribution in [1.82, 2.24) is 10.2 Å². The molecule has 126 valence electrons. The Bertz CT molecular complexity index is 518. The minimum atomic E-state index is 0.0907. The smallest absolute Gasteiger partial charge is 0.220 e. The Morgan fingerprint density at radius 1 is 1.39 bits per heavy atom. The molecule has 0 saturated carbocycles. The van der Waals surface area contributed by atoms with Crippen LogP contribution in [0.5, 0.6) is 5.75 Å². The van der Waals surface area contributed by atoms with E-state index in [4.69, 9.17) is 9.47 Å². The molecule has 1 aromatic carbocycles. The summed E-state index contributed by atoms with van der Waals surface area (Å²) in [5.74, 6) is 0.931. The third-order valence-corrected chi connectivity index (χ3v) is 4.79. The fourth-order valence-corrected chi connectivity index (χ4v) is 3.38. The van der Waals surface area contributed by atoms with Crippen molar-refractivity contribution in [3.05, 3.63) is 29.8 Å². The normalized spacial score (nSPS) is 24.2. The van der Waals surface area contributed by atoms with Crippen molar-refractivity contribution < 1.29 is 14.3 Å². The lowest BCUT2D eigenvalue weighted by atomic mass is 10.1.